The van der Waals surface area contributed by atoms with Crippen LogP contribution in [0.5, 0.6) is 0 Å². The van der Waals surface area contributed by atoms with Crippen LogP contribution in [0.2, 0.25) is 0 Å². The Hall–Kier alpha value is -0.610. The molecule has 4 heteroatoms. The Bertz CT molecular complexity index is 358. The SMILES string of the molecule is CSCCCCCNC(C)c1cccc(F)c1F. The average molecular weight is 273 g/mol. The van der Waals surface area contributed by atoms with Crippen LogP contribution in [0.3, 0.4) is 0 Å². The van der Waals surface area contributed by atoms with Crippen LogP contribution in [-0.4, -0.2) is 18.6 Å². The van der Waals surface area contributed by atoms with E-state index in [1.807, 2.05) is 18.7 Å². The molecule has 0 heterocycles. The number of unbranched alkanes of at least 4 members (excludes halogenated alkanes) is 2. The molecule has 0 bridgehead atoms. The minimum Gasteiger partial charge on any atom is -0.310 e. The van der Waals surface area contributed by atoms with Crippen molar-refractivity contribution in [3.8, 4) is 0 Å². The van der Waals surface area contributed by atoms with Gasteiger partial charge in [-0.05, 0) is 44.4 Å². The van der Waals surface area contributed by atoms with Crippen molar-refractivity contribution in [3.05, 3.63) is 35.4 Å². The molecular formula is C14H21F2NS. The fraction of sp³-hybridized carbons (Fsp3) is 0.571. The number of halogens is 2. The van der Waals surface area contributed by atoms with Gasteiger partial charge in [0.25, 0.3) is 0 Å². The zero-order valence-electron chi connectivity index (χ0n) is 11.0. The molecule has 1 aromatic carbocycles. The predicted octanol–water partition coefficient (Wildman–Crippen LogP) is 4.15. The molecule has 0 fully saturated rings. The summed E-state index contributed by atoms with van der Waals surface area (Å²) in [5.41, 5.74) is 0.402. The van der Waals surface area contributed by atoms with Crippen LogP contribution < -0.4 is 5.32 Å². The zero-order chi connectivity index (χ0) is 13.4. The molecule has 0 radical (unpaired) electrons. The van der Waals surface area contributed by atoms with E-state index < -0.39 is 11.6 Å². The van der Waals surface area contributed by atoms with Crippen molar-refractivity contribution in [2.24, 2.45) is 0 Å². The second kappa shape index (κ2) is 8.48. The number of rotatable bonds is 8. The van der Waals surface area contributed by atoms with E-state index in [0.717, 1.165) is 19.0 Å². The Labute approximate surface area is 112 Å². The Kier molecular flexibility index (Phi) is 7.28. The summed E-state index contributed by atoms with van der Waals surface area (Å²) in [4.78, 5) is 0. The second-order valence-electron chi connectivity index (χ2n) is 4.37. The summed E-state index contributed by atoms with van der Waals surface area (Å²) in [7, 11) is 0. The molecule has 0 saturated carbocycles. The number of hydrogen-bond acceptors (Lipinski definition) is 2. The van der Waals surface area contributed by atoms with Crippen molar-refractivity contribution < 1.29 is 8.78 Å². The van der Waals surface area contributed by atoms with Crippen molar-refractivity contribution in [1.29, 1.82) is 0 Å². The average Bonchev–Trinajstić information content (AvgIpc) is 2.36. The largest absolute Gasteiger partial charge is 0.310 e. The predicted molar refractivity (Wildman–Crippen MR) is 75.0 cm³/mol. The van der Waals surface area contributed by atoms with Gasteiger partial charge in [0.15, 0.2) is 11.6 Å². The summed E-state index contributed by atoms with van der Waals surface area (Å²) in [6, 6.07) is 4.17. The summed E-state index contributed by atoms with van der Waals surface area (Å²) >= 11 is 1.85. The summed E-state index contributed by atoms with van der Waals surface area (Å²) in [6.45, 7) is 2.70. The van der Waals surface area contributed by atoms with E-state index in [0.29, 0.717) is 5.56 Å². The second-order valence-corrected chi connectivity index (χ2v) is 5.36. The molecule has 0 aromatic heterocycles. The molecule has 1 unspecified atom stereocenters. The van der Waals surface area contributed by atoms with E-state index in [1.165, 1.54) is 18.6 Å². The lowest BCUT2D eigenvalue weighted by atomic mass is 10.1. The lowest BCUT2D eigenvalue weighted by Crippen LogP contribution is -2.21. The quantitative estimate of drug-likeness (QED) is 0.714. The third-order valence-electron chi connectivity index (χ3n) is 2.92. The fourth-order valence-electron chi connectivity index (χ4n) is 1.83. The molecule has 0 aliphatic rings. The first-order chi connectivity index (χ1) is 8.66. The topological polar surface area (TPSA) is 12.0 Å². The molecule has 1 aromatic rings. The van der Waals surface area contributed by atoms with Crippen molar-refractivity contribution in [1.82, 2.24) is 5.32 Å². The normalized spacial score (nSPS) is 12.7. The van der Waals surface area contributed by atoms with Crippen LogP contribution in [-0.2, 0) is 0 Å². The maximum atomic E-state index is 13.5. The Morgan fingerprint density at radius 2 is 2.00 bits per heavy atom. The van der Waals surface area contributed by atoms with Gasteiger partial charge in [-0.15, -0.1) is 0 Å². The molecule has 1 nitrogen and oxygen atoms in total. The van der Waals surface area contributed by atoms with E-state index in [4.69, 9.17) is 0 Å². The molecule has 0 aliphatic heterocycles. The summed E-state index contributed by atoms with van der Waals surface area (Å²) in [6.07, 6.45) is 5.56. The Morgan fingerprint density at radius 3 is 2.72 bits per heavy atom. The van der Waals surface area contributed by atoms with Gasteiger partial charge in [-0.25, -0.2) is 8.78 Å². The van der Waals surface area contributed by atoms with Gasteiger partial charge in [-0.3, -0.25) is 0 Å². The molecule has 102 valence electrons. The third kappa shape index (κ3) is 4.94. The highest BCUT2D eigenvalue weighted by Gasteiger charge is 2.13. The summed E-state index contributed by atoms with van der Waals surface area (Å²) < 4.78 is 26.6. The van der Waals surface area contributed by atoms with Crippen molar-refractivity contribution in [3.63, 3.8) is 0 Å². The third-order valence-corrected chi connectivity index (χ3v) is 3.62. The van der Waals surface area contributed by atoms with Gasteiger partial charge in [0, 0.05) is 11.6 Å². The van der Waals surface area contributed by atoms with E-state index in [1.54, 1.807) is 12.1 Å². The van der Waals surface area contributed by atoms with Gasteiger partial charge >= 0.3 is 0 Å². The number of nitrogens with one attached hydrogen (secondary N) is 1. The van der Waals surface area contributed by atoms with Gasteiger partial charge in [0.1, 0.15) is 0 Å². The van der Waals surface area contributed by atoms with Gasteiger partial charge in [-0.1, -0.05) is 18.6 Å². The van der Waals surface area contributed by atoms with Crippen LogP contribution in [0.1, 0.15) is 37.8 Å². The zero-order valence-corrected chi connectivity index (χ0v) is 11.8. The maximum absolute atomic E-state index is 13.5. The van der Waals surface area contributed by atoms with Crippen LogP contribution in [0.15, 0.2) is 18.2 Å². The first-order valence-electron chi connectivity index (χ1n) is 6.33. The molecular weight excluding hydrogens is 252 g/mol. The molecule has 1 N–H and O–H groups in total. The molecule has 0 spiro atoms. The first kappa shape index (κ1) is 15.4. The van der Waals surface area contributed by atoms with Crippen LogP contribution in [0.25, 0.3) is 0 Å². The van der Waals surface area contributed by atoms with Crippen molar-refractivity contribution >= 4 is 11.8 Å². The summed E-state index contributed by atoms with van der Waals surface area (Å²) in [5, 5.41) is 3.23. The monoisotopic (exact) mass is 273 g/mol. The molecule has 1 rings (SSSR count). The fourth-order valence-corrected chi connectivity index (χ4v) is 2.32. The molecule has 0 saturated heterocycles. The highest BCUT2D eigenvalue weighted by Crippen LogP contribution is 2.18. The van der Waals surface area contributed by atoms with Gasteiger partial charge in [0.05, 0.1) is 0 Å². The Morgan fingerprint density at radius 1 is 1.22 bits per heavy atom. The van der Waals surface area contributed by atoms with Crippen molar-refractivity contribution in [2.45, 2.75) is 32.2 Å². The van der Waals surface area contributed by atoms with E-state index >= 15 is 0 Å². The molecule has 0 aliphatic carbocycles. The smallest absolute Gasteiger partial charge is 0.163 e. The molecule has 1 atom stereocenters. The lowest BCUT2D eigenvalue weighted by molar-refractivity contribution is 0.469. The van der Waals surface area contributed by atoms with Crippen LogP contribution in [0, 0.1) is 11.6 Å². The molecule has 0 amide bonds. The standard InChI is InChI=1S/C14H21F2NS/c1-11(17-9-4-3-5-10-18-2)12-7-6-8-13(15)14(12)16/h6-8,11,17H,3-5,9-10H2,1-2H3. The van der Waals surface area contributed by atoms with E-state index in [9.17, 15) is 8.78 Å². The van der Waals surface area contributed by atoms with Gasteiger partial charge in [0.2, 0.25) is 0 Å². The maximum Gasteiger partial charge on any atom is 0.163 e. The minimum absolute atomic E-state index is 0.152. The lowest BCUT2D eigenvalue weighted by Gasteiger charge is -2.15. The molecule has 18 heavy (non-hydrogen) atoms. The number of hydrogen-bond donors (Lipinski definition) is 1. The highest BCUT2D eigenvalue weighted by molar-refractivity contribution is 7.98. The van der Waals surface area contributed by atoms with Gasteiger partial charge in [-0.2, -0.15) is 11.8 Å². The van der Waals surface area contributed by atoms with Crippen molar-refractivity contribution in [2.75, 3.05) is 18.6 Å². The van der Waals surface area contributed by atoms with Crippen LogP contribution in [0.4, 0.5) is 8.78 Å². The number of thioether (sulfide) groups is 1. The van der Waals surface area contributed by atoms with Crippen LogP contribution >= 0.6 is 11.8 Å². The highest BCUT2D eigenvalue weighted by atomic mass is 32.2. The minimum atomic E-state index is -0.777. The van der Waals surface area contributed by atoms with E-state index in [-0.39, 0.29) is 6.04 Å². The summed E-state index contributed by atoms with van der Waals surface area (Å²) in [5.74, 6) is -0.324. The van der Waals surface area contributed by atoms with E-state index in [2.05, 4.69) is 11.6 Å². The number of benzene rings is 1. The van der Waals surface area contributed by atoms with Gasteiger partial charge < -0.3 is 5.32 Å². The first-order valence-corrected chi connectivity index (χ1v) is 7.72. The Balaban J connectivity index is 2.32.